The third kappa shape index (κ3) is 5.94. The molecule has 0 N–H and O–H groups in total. The van der Waals surface area contributed by atoms with Crippen molar-refractivity contribution < 1.29 is 19.1 Å². The summed E-state index contributed by atoms with van der Waals surface area (Å²) in [6.07, 6.45) is 0.139. The Balaban J connectivity index is 1.75. The van der Waals surface area contributed by atoms with E-state index < -0.39 is 5.97 Å². The first-order valence-corrected chi connectivity index (χ1v) is 9.48. The zero-order valence-electron chi connectivity index (χ0n) is 16.3. The van der Waals surface area contributed by atoms with Crippen LogP contribution in [0.2, 0.25) is 0 Å². The Morgan fingerprint density at radius 3 is 2.17 bits per heavy atom. The van der Waals surface area contributed by atoms with Crippen LogP contribution in [0.3, 0.4) is 0 Å². The maximum absolute atomic E-state index is 13.0. The van der Waals surface area contributed by atoms with Crippen molar-refractivity contribution in [2.24, 2.45) is 0 Å². The number of ether oxygens (including phenoxy) is 2. The SMILES string of the molecule is CCOC(=O)CN(C(=O)Cc1cccc(Oc2ccccc2)c1)c1ccccc1. The Hall–Kier alpha value is -3.60. The number of rotatable bonds is 8. The van der Waals surface area contributed by atoms with Gasteiger partial charge in [0.05, 0.1) is 13.0 Å². The van der Waals surface area contributed by atoms with Crippen molar-refractivity contribution in [3.05, 3.63) is 90.5 Å². The predicted octanol–water partition coefficient (Wildman–Crippen LogP) is 4.62. The fourth-order valence-corrected chi connectivity index (χ4v) is 2.88. The Labute approximate surface area is 170 Å². The van der Waals surface area contributed by atoms with Crippen LogP contribution in [0.1, 0.15) is 12.5 Å². The molecule has 0 unspecified atom stereocenters. The summed E-state index contributed by atoms with van der Waals surface area (Å²) in [6, 6.07) is 26.0. The summed E-state index contributed by atoms with van der Waals surface area (Å²) in [4.78, 5) is 26.5. The number of esters is 1. The average molecular weight is 389 g/mol. The third-order valence-corrected chi connectivity index (χ3v) is 4.19. The van der Waals surface area contributed by atoms with Gasteiger partial charge in [0.1, 0.15) is 18.0 Å². The smallest absolute Gasteiger partial charge is 0.326 e. The largest absolute Gasteiger partial charge is 0.465 e. The van der Waals surface area contributed by atoms with Gasteiger partial charge in [-0.3, -0.25) is 9.59 Å². The van der Waals surface area contributed by atoms with Gasteiger partial charge in [0, 0.05) is 5.69 Å². The van der Waals surface area contributed by atoms with Crippen LogP contribution in [0.15, 0.2) is 84.9 Å². The first kappa shape index (κ1) is 20.1. The van der Waals surface area contributed by atoms with Crippen molar-refractivity contribution in [2.75, 3.05) is 18.1 Å². The van der Waals surface area contributed by atoms with Gasteiger partial charge in [-0.05, 0) is 48.9 Å². The van der Waals surface area contributed by atoms with Crippen LogP contribution in [0.5, 0.6) is 11.5 Å². The molecule has 5 heteroatoms. The second-order valence-corrected chi connectivity index (χ2v) is 6.36. The van der Waals surface area contributed by atoms with E-state index in [1.54, 1.807) is 19.1 Å². The van der Waals surface area contributed by atoms with Crippen LogP contribution in [0.25, 0.3) is 0 Å². The van der Waals surface area contributed by atoms with Crippen molar-refractivity contribution in [2.45, 2.75) is 13.3 Å². The Morgan fingerprint density at radius 1 is 0.828 bits per heavy atom. The number of nitrogens with zero attached hydrogens (tertiary/aromatic N) is 1. The van der Waals surface area contributed by atoms with E-state index in [1.807, 2.05) is 72.8 Å². The van der Waals surface area contributed by atoms with Crippen LogP contribution in [0.4, 0.5) is 5.69 Å². The molecule has 148 valence electrons. The first-order chi connectivity index (χ1) is 14.2. The van der Waals surface area contributed by atoms with Crippen LogP contribution in [-0.2, 0) is 20.7 Å². The fourth-order valence-electron chi connectivity index (χ4n) is 2.88. The molecule has 0 heterocycles. The number of para-hydroxylation sites is 2. The van der Waals surface area contributed by atoms with Crippen molar-refractivity contribution >= 4 is 17.6 Å². The molecule has 0 radical (unpaired) electrons. The number of hydrogen-bond donors (Lipinski definition) is 0. The lowest BCUT2D eigenvalue weighted by molar-refractivity contribution is -0.142. The molecule has 0 fully saturated rings. The molecular formula is C24H23NO4. The van der Waals surface area contributed by atoms with E-state index in [4.69, 9.17) is 9.47 Å². The Kier molecular flexibility index (Phi) is 7.00. The van der Waals surface area contributed by atoms with Gasteiger partial charge in [-0.2, -0.15) is 0 Å². The highest BCUT2D eigenvalue weighted by atomic mass is 16.5. The first-order valence-electron chi connectivity index (χ1n) is 9.48. The summed E-state index contributed by atoms with van der Waals surface area (Å²) in [7, 11) is 0. The van der Waals surface area contributed by atoms with Gasteiger partial charge in [0.2, 0.25) is 5.91 Å². The summed E-state index contributed by atoms with van der Waals surface area (Å²) in [6.45, 7) is 1.89. The monoisotopic (exact) mass is 389 g/mol. The van der Waals surface area contributed by atoms with E-state index in [9.17, 15) is 9.59 Å². The molecule has 3 aromatic carbocycles. The van der Waals surface area contributed by atoms with Crippen molar-refractivity contribution in [3.8, 4) is 11.5 Å². The number of amides is 1. The average Bonchev–Trinajstić information content (AvgIpc) is 2.74. The number of benzene rings is 3. The Bertz CT molecular complexity index is 941. The molecule has 0 bridgehead atoms. The van der Waals surface area contributed by atoms with E-state index in [0.29, 0.717) is 11.4 Å². The molecule has 0 atom stereocenters. The normalized spacial score (nSPS) is 10.2. The number of carbonyl (C=O) groups excluding carboxylic acids is 2. The van der Waals surface area contributed by atoms with Crippen LogP contribution in [0, 0.1) is 0 Å². The highest BCUT2D eigenvalue weighted by molar-refractivity contribution is 5.98. The molecule has 0 aromatic heterocycles. The molecule has 0 spiro atoms. The van der Waals surface area contributed by atoms with Crippen LogP contribution >= 0.6 is 0 Å². The van der Waals surface area contributed by atoms with Gasteiger partial charge in [-0.1, -0.05) is 48.5 Å². The number of carbonyl (C=O) groups is 2. The molecule has 29 heavy (non-hydrogen) atoms. The minimum Gasteiger partial charge on any atom is -0.465 e. The second kappa shape index (κ2) is 10.1. The van der Waals surface area contributed by atoms with Gasteiger partial charge in [0.25, 0.3) is 0 Å². The summed E-state index contributed by atoms with van der Waals surface area (Å²) >= 11 is 0. The van der Waals surface area contributed by atoms with Crippen molar-refractivity contribution in [1.82, 2.24) is 0 Å². The lowest BCUT2D eigenvalue weighted by atomic mass is 10.1. The minimum absolute atomic E-state index is 0.128. The topological polar surface area (TPSA) is 55.8 Å². The molecule has 0 aliphatic rings. The molecular weight excluding hydrogens is 366 g/mol. The Morgan fingerprint density at radius 2 is 1.48 bits per heavy atom. The van der Waals surface area contributed by atoms with E-state index in [0.717, 1.165) is 11.3 Å². The highest BCUT2D eigenvalue weighted by Crippen LogP contribution is 2.23. The number of hydrogen-bond acceptors (Lipinski definition) is 4. The van der Waals surface area contributed by atoms with Gasteiger partial charge in [0.15, 0.2) is 0 Å². The third-order valence-electron chi connectivity index (χ3n) is 4.19. The van der Waals surface area contributed by atoms with Crippen LogP contribution in [-0.4, -0.2) is 25.0 Å². The highest BCUT2D eigenvalue weighted by Gasteiger charge is 2.20. The summed E-state index contributed by atoms with van der Waals surface area (Å²) < 4.78 is 10.9. The zero-order chi connectivity index (χ0) is 20.5. The van der Waals surface area contributed by atoms with E-state index >= 15 is 0 Å². The fraction of sp³-hybridized carbons (Fsp3) is 0.167. The lowest BCUT2D eigenvalue weighted by Crippen LogP contribution is -2.37. The predicted molar refractivity (Wildman–Crippen MR) is 112 cm³/mol. The zero-order valence-corrected chi connectivity index (χ0v) is 16.3. The molecule has 3 aromatic rings. The van der Waals surface area contributed by atoms with Gasteiger partial charge < -0.3 is 14.4 Å². The van der Waals surface area contributed by atoms with E-state index in [2.05, 4.69) is 0 Å². The quantitative estimate of drug-likeness (QED) is 0.528. The minimum atomic E-state index is -0.439. The maximum Gasteiger partial charge on any atom is 0.326 e. The van der Waals surface area contributed by atoms with E-state index in [-0.39, 0.29) is 25.5 Å². The standard InChI is InChI=1S/C24H23NO4/c1-2-28-24(27)18-25(20-11-5-3-6-12-20)23(26)17-19-10-9-15-22(16-19)29-21-13-7-4-8-14-21/h3-16H,2,17-18H2,1H3. The molecule has 3 rings (SSSR count). The lowest BCUT2D eigenvalue weighted by Gasteiger charge is -2.22. The second-order valence-electron chi connectivity index (χ2n) is 6.36. The molecule has 0 saturated carbocycles. The number of anilines is 1. The van der Waals surface area contributed by atoms with E-state index in [1.165, 1.54) is 4.90 Å². The summed E-state index contributed by atoms with van der Waals surface area (Å²) in [5, 5.41) is 0. The van der Waals surface area contributed by atoms with Crippen molar-refractivity contribution in [3.63, 3.8) is 0 Å². The van der Waals surface area contributed by atoms with Crippen molar-refractivity contribution in [1.29, 1.82) is 0 Å². The molecule has 0 aliphatic heterocycles. The van der Waals surface area contributed by atoms with Crippen LogP contribution < -0.4 is 9.64 Å². The maximum atomic E-state index is 13.0. The van der Waals surface area contributed by atoms with Gasteiger partial charge >= 0.3 is 5.97 Å². The molecule has 0 saturated heterocycles. The van der Waals surface area contributed by atoms with Gasteiger partial charge in [-0.15, -0.1) is 0 Å². The van der Waals surface area contributed by atoms with Gasteiger partial charge in [-0.25, -0.2) is 0 Å². The summed E-state index contributed by atoms with van der Waals surface area (Å²) in [5.41, 5.74) is 1.45. The molecule has 5 nitrogen and oxygen atoms in total. The summed E-state index contributed by atoms with van der Waals surface area (Å²) in [5.74, 6) is 0.745. The molecule has 1 amide bonds. The molecule has 0 aliphatic carbocycles.